The number of hydrogen-bond donors (Lipinski definition) is 1. The molecule has 0 aliphatic rings. The van der Waals surface area contributed by atoms with Gasteiger partial charge in [-0.05, 0) is 59.2 Å². The van der Waals surface area contributed by atoms with Crippen molar-refractivity contribution >= 4 is 19.9 Å². The number of carbonyl (C=O) groups is 2. The van der Waals surface area contributed by atoms with Gasteiger partial charge in [0.25, 0.3) is 0 Å². The van der Waals surface area contributed by atoms with E-state index in [9.17, 15) is 14.2 Å². The fourth-order valence-corrected chi connectivity index (χ4v) is 2.89. The summed E-state index contributed by atoms with van der Waals surface area (Å²) in [6.45, 7) is 10.4. The number of esters is 1. The van der Waals surface area contributed by atoms with Crippen molar-refractivity contribution in [1.82, 2.24) is 5.32 Å². The molecule has 0 saturated heterocycles. The number of nitrogens with one attached hydrogen (secondary N) is 1. The van der Waals surface area contributed by atoms with Crippen LogP contribution in [0.2, 0.25) is 0 Å². The zero-order valence-electron chi connectivity index (χ0n) is 18.8. The van der Waals surface area contributed by atoms with Gasteiger partial charge in [-0.15, -0.1) is 0 Å². The summed E-state index contributed by atoms with van der Waals surface area (Å²) in [6.07, 6.45) is -0.569. The van der Waals surface area contributed by atoms with E-state index in [4.69, 9.17) is 23.0 Å². The van der Waals surface area contributed by atoms with Crippen LogP contribution in [-0.4, -0.2) is 43.5 Å². The fourth-order valence-electron chi connectivity index (χ4n) is 2.22. The molecule has 0 fully saturated rings. The van der Waals surface area contributed by atoms with Crippen molar-refractivity contribution in [3.05, 3.63) is 29.8 Å². The summed E-state index contributed by atoms with van der Waals surface area (Å²) in [4.78, 5) is 24.8. The summed E-state index contributed by atoms with van der Waals surface area (Å²) in [5.74, 6) is -0.323. The standard InChI is InChI=1S/C20H32NO8P/c1-19(2,3)27-17(22)16(21-18(23)28-20(4,5)6)13-14-9-11-15(12-10-14)29-30(24,25-7)26-8/h9-12,16H,13H2,1-8H3,(H,21,23). The van der Waals surface area contributed by atoms with Gasteiger partial charge in [0, 0.05) is 20.6 Å². The molecule has 0 heterocycles. The molecule has 1 amide bonds. The van der Waals surface area contributed by atoms with E-state index in [1.165, 1.54) is 14.2 Å². The lowest BCUT2D eigenvalue weighted by Gasteiger charge is -2.26. The third-order valence-corrected chi connectivity index (χ3v) is 4.74. The van der Waals surface area contributed by atoms with Gasteiger partial charge in [-0.2, -0.15) is 0 Å². The third kappa shape index (κ3) is 9.61. The number of carbonyl (C=O) groups excluding carboxylic acids is 2. The highest BCUT2D eigenvalue weighted by Crippen LogP contribution is 2.47. The van der Waals surface area contributed by atoms with Crippen LogP contribution in [-0.2, 0) is 34.3 Å². The third-order valence-electron chi connectivity index (χ3n) is 3.41. The van der Waals surface area contributed by atoms with E-state index in [1.807, 2.05) is 0 Å². The molecule has 1 rings (SSSR count). The van der Waals surface area contributed by atoms with Crippen LogP contribution in [0.1, 0.15) is 47.1 Å². The Hall–Kier alpha value is -2.09. The number of rotatable bonds is 8. The minimum atomic E-state index is -3.67. The number of ether oxygens (including phenoxy) is 2. The highest BCUT2D eigenvalue weighted by molar-refractivity contribution is 7.48. The predicted octanol–water partition coefficient (Wildman–Crippen LogP) is 4.24. The number of benzene rings is 1. The highest BCUT2D eigenvalue weighted by atomic mass is 31.2. The molecule has 1 atom stereocenters. The van der Waals surface area contributed by atoms with Gasteiger partial charge in [0.15, 0.2) is 0 Å². The lowest BCUT2D eigenvalue weighted by molar-refractivity contribution is -0.157. The van der Waals surface area contributed by atoms with E-state index in [1.54, 1.807) is 65.8 Å². The van der Waals surface area contributed by atoms with Gasteiger partial charge in [0.1, 0.15) is 23.0 Å². The molecule has 0 saturated carbocycles. The topological polar surface area (TPSA) is 109 Å². The molecule has 0 aliphatic carbocycles. The Morgan fingerprint density at radius 2 is 1.43 bits per heavy atom. The summed E-state index contributed by atoms with van der Waals surface area (Å²) in [7, 11) is -1.24. The van der Waals surface area contributed by atoms with Crippen LogP contribution in [0.5, 0.6) is 5.75 Å². The van der Waals surface area contributed by atoms with Crippen LogP contribution in [0.15, 0.2) is 24.3 Å². The molecule has 30 heavy (non-hydrogen) atoms. The summed E-state index contributed by atoms with van der Waals surface area (Å²) in [6, 6.07) is 5.48. The molecule has 10 heteroatoms. The van der Waals surface area contributed by atoms with Crippen molar-refractivity contribution in [1.29, 1.82) is 0 Å². The monoisotopic (exact) mass is 445 g/mol. The van der Waals surface area contributed by atoms with Crippen molar-refractivity contribution < 1.29 is 37.2 Å². The van der Waals surface area contributed by atoms with Crippen LogP contribution in [0, 0.1) is 0 Å². The fraction of sp³-hybridized carbons (Fsp3) is 0.600. The van der Waals surface area contributed by atoms with Crippen LogP contribution >= 0.6 is 7.82 Å². The average molecular weight is 445 g/mol. The minimum Gasteiger partial charge on any atom is -0.458 e. The van der Waals surface area contributed by atoms with Gasteiger partial charge < -0.3 is 19.3 Å². The molecule has 0 aliphatic heterocycles. The second-order valence-electron chi connectivity index (χ2n) is 8.48. The molecule has 170 valence electrons. The predicted molar refractivity (Wildman–Crippen MR) is 111 cm³/mol. The van der Waals surface area contributed by atoms with Gasteiger partial charge in [-0.25, -0.2) is 14.2 Å². The first-order valence-corrected chi connectivity index (χ1v) is 10.8. The Labute approximate surface area is 178 Å². The molecule has 9 nitrogen and oxygen atoms in total. The molecule has 0 radical (unpaired) electrons. The zero-order chi connectivity index (χ0) is 23.2. The second-order valence-corrected chi connectivity index (χ2v) is 10.3. The molecule has 1 unspecified atom stereocenters. The SMILES string of the molecule is COP(=O)(OC)Oc1ccc(CC(NC(=O)OC(C)(C)C)C(=O)OC(C)(C)C)cc1. The summed E-state index contributed by atoms with van der Waals surface area (Å²) in [5, 5.41) is 2.56. The number of hydrogen-bond acceptors (Lipinski definition) is 8. The lowest BCUT2D eigenvalue weighted by atomic mass is 10.1. The molecule has 1 aromatic carbocycles. The molecular formula is C20H32NO8P. The first-order chi connectivity index (χ1) is 13.7. The number of phosphoric acid groups is 1. The van der Waals surface area contributed by atoms with Crippen molar-refractivity contribution in [2.75, 3.05) is 14.2 Å². The summed E-state index contributed by atoms with van der Waals surface area (Å²) in [5.41, 5.74) is -0.721. The van der Waals surface area contributed by atoms with Crippen LogP contribution in [0.25, 0.3) is 0 Å². The first kappa shape index (κ1) is 25.9. The van der Waals surface area contributed by atoms with E-state index in [0.29, 0.717) is 5.56 Å². The van der Waals surface area contributed by atoms with E-state index in [2.05, 4.69) is 5.32 Å². The smallest absolute Gasteiger partial charge is 0.458 e. The van der Waals surface area contributed by atoms with Gasteiger partial charge in [0.2, 0.25) is 0 Å². The van der Waals surface area contributed by atoms with Gasteiger partial charge in [-0.3, -0.25) is 9.05 Å². The molecule has 0 bridgehead atoms. The minimum absolute atomic E-state index is 0.153. The Kier molecular flexibility index (Phi) is 8.90. The van der Waals surface area contributed by atoms with Crippen LogP contribution in [0.3, 0.4) is 0 Å². The Balaban J connectivity index is 2.96. The van der Waals surface area contributed by atoms with E-state index in [0.717, 1.165) is 0 Å². The Bertz CT molecular complexity index is 756. The first-order valence-electron chi connectivity index (χ1n) is 9.39. The number of alkyl carbamates (subject to hydrolysis) is 1. The van der Waals surface area contributed by atoms with Crippen molar-refractivity contribution in [2.24, 2.45) is 0 Å². The van der Waals surface area contributed by atoms with E-state index in [-0.39, 0.29) is 12.2 Å². The van der Waals surface area contributed by atoms with Gasteiger partial charge in [0.05, 0.1) is 0 Å². The van der Waals surface area contributed by atoms with Gasteiger partial charge in [-0.1, -0.05) is 12.1 Å². The molecule has 1 N–H and O–H groups in total. The largest absolute Gasteiger partial charge is 0.529 e. The zero-order valence-corrected chi connectivity index (χ0v) is 19.7. The summed E-state index contributed by atoms with van der Waals surface area (Å²) < 4.78 is 37.4. The van der Waals surface area contributed by atoms with Crippen molar-refractivity contribution in [3.63, 3.8) is 0 Å². The highest BCUT2D eigenvalue weighted by Gasteiger charge is 2.29. The molecule has 0 spiro atoms. The molecule has 1 aromatic rings. The van der Waals surface area contributed by atoms with Crippen molar-refractivity contribution in [3.8, 4) is 5.75 Å². The maximum atomic E-state index is 12.6. The number of phosphoric ester groups is 1. The van der Waals surface area contributed by atoms with E-state index >= 15 is 0 Å². The average Bonchev–Trinajstić information content (AvgIpc) is 2.59. The lowest BCUT2D eigenvalue weighted by Crippen LogP contribution is -2.47. The Morgan fingerprint density at radius 1 is 0.933 bits per heavy atom. The number of amides is 1. The van der Waals surface area contributed by atoms with Crippen LogP contribution < -0.4 is 9.84 Å². The normalized spacial score (nSPS) is 13.3. The van der Waals surface area contributed by atoms with Gasteiger partial charge >= 0.3 is 19.9 Å². The van der Waals surface area contributed by atoms with E-state index < -0.39 is 37.1 Å². The Morgan fingerprint density at radius 3 is 1.87 bits per heavy atom. The van der Waals surface area contributed by atoms with Crippen molar-refractivity contribution in [2.45, 2.75) is 65.2 Å². The molecule has 0 aromatic heterocycles. The maximum Gasteiger partial charge on any atom is 0.529 e. The summed E-state index contributed by atoms with van der Waals surface area (Å²) >= 11 is 0. The quantitative estimate of drug-likeness (QED) is 0.467. The maximum absolute atomic E-state index is 12.6. The molecular weight excluding hydrogens is 413 g/mol. The van der Waals surface area contributed by atoms with Crippen LogP contribution in [0.4, 0.5) is 4.79 Å². The second kappa shape index (κ2) is 10.3.